The first kappa shape index (κ1) is 11.2. The molecule has 1 aromatic carbocycles. The molecule has 0 spiro atoms. The number of rotatable bonds is 2. The van der Waals surface area contributed by atoms with Crippen LogP contribution in [0.1, 0.15) is 35.6 Å². The van der Waals surface area contributed by atoms with E-state index in [0.717, 1.165) is 22.6 Å². The van der Waals surface area contributed by atoms with Gasteiger partial charge in [-0.25, -0.2) is 0 Å². The van der Waals surface area contributed by atoms with Gasteiger partial charge in [-0.15, -0.1) is 0 Å². The minimum absolute atomic E-state index is 0.324. The molecular formula is C15H18N2O. The highest BCUT2D eigenvalue weighted by molar-refractivity contribution is 5.59. The second kappa shape index (κ2) is 3.80. The van der Waals surface area contributed by atoms with Crippen molar-refractivity contribution < 1.29 is 5.11 Å². The number of nitrogens with zero attached hydrogens (tertiary/aromatic N) is 1. The van der Waals surface area contributed by atoms with Gasteiger partial charge >= 0.3 is 0 Å². The smallest absolute Gasteiger partial charge is 0.120 e. The Morgan fingerprint density at radius 3 is 2.56 bits per heavy atom. The number of hydrogen-bond acceptors (Lipinski definition) is 2. The van der Waals surface area contributed by atoms with Crippen molar-refractivity contribution in [2.75, 3.05) is 5.73 Å². The van der Waals surface area contributed by atoms with Crippen LogP contribution in [0.25, 0.3) is 5.69 Å². The summed E-state index contributed by atoms with van der Waals surface area (Å²) in [6, 6.07) is 7.74. The van der Waals surface area contributed by atoms with Crippen LogP contribution in [-0.4, -0.2) is 9.67 Å². The number of benzene rings is 1. The van der Waals surface area contributed by atoms with Crippen molar-refractivity contribution in [3.05, 3.63) is 41.1 Å². The van der Waals surface area contributed by atoms with Gasteiger partial charge in [-0.1, -0.05) is 6.07 Å². The molecule has 0 bridgehead atoms. The number of phenolic OH excluding ortho intramolecular Hbond substituents is 1. The van der Waals surface area contributed by atoms with E-state index in [0.29, 0.717) is 11.7 Å². The van der Waals surface area contributed by atoms with Gasteiger partial charge in [0.05, 0.1) is 5.69 Å². The minimum Gasteiger partial charge on any atom is -0.508 e. The maximum atomic E-state index is 9.91. The van der Waals surface area contributed by atoms with Crippen LogP contribution in [-0.2, 0) is 0 Å². The Labute approximate surface area is 107 Å². The van der Waals surface area contributed by atoms with Crippen LogP contribution in [0.4, 0.5) is 5.82 Å². The topological polar surface area (TPSA) is 51.2 Å². The molecule has 0 saturated heterocycles. The fourth-order valence-corrected chi connectivity index (χ4v) is 2.59. The quantitative estimate of drug-likeness (QED) is 0.849. The average molecular weight is 242 g/mol. The Balaban J connectivity index is 2.26. The Morgan fingerprint density at radius 2 is 1.89 bits per heavy atom. The van der Waals surface area contributed by atoms with Gasteiger partial charge in [0.15, 0.2) is 0 Å². The molecule has 94 valence electrons. The number of aryl methyl sites for hydroxylation is 1. The fourth-order valence-electron chi connectivity index (χ4n) is 2.59. The van der Waals surface area contributed by atoms with E-state index < -0.39 is 0 Å². The van der Waals surface area contributed by atoms with E-state index in [2.05, 4.69) is 17.6 Å². The molecule has 1 aliphatic carbocycles. The molecule has 1 saturated carbocycles. The summed E-state index contributed by atoms with van der Waals surface area (Å²) in [6.07, 6.45) is 2.47. The van der Waals surface area contributed by atoms with Crippen molar-refractivity contribution >= 4 is 5.82 Å². The molecule has 2 aromatic rings. The van der Waals surface area contributed by atoms with E-state index in [4.69, 9.17) is 5.73 Å². The molecule has 18 heavy (non-hydrogen) atoms. The van der Waals surface area contributed by atoms with E-state index in [1.165, 1.54) is 18.5 Å². The van der Waals surface area contributed by atoms with Crippen LogP contribution in [0, 0.1) is 13.8 Å². The lowest BCUT2D eigenvalue weighted by molar-refractivity contribution is 0.470. The lowest BCUT2D eigenvalue weighted by Gasteiger charge is -2.17. The molecular weight excluding hydrogens is 224 g/mol. The number of phenols is 1. The Kier molecular flexibility index (Phi) is 2.37. The molecule has 0 amide bonds. The summed E-state index contributed by atoms with van der Waals surface area (Å²) in [4.78, 5) is 0. The maximum Gasteiger partial charge on any atom is 0.120 e. The Morgan fingerprint density at radius 1 is 1.17 bits per heavy atom. The minimum atomic E-state index is 0.324. The number of nitrogens with two attached hydrogens (primary N) is 1. The number of anilines is 1. The van der Waals surface area contributed by atoms with E-state index in [1.54, 1.807) is 6.07 Å². The predicted octanol–water partition coefficient (Wildman–Crippen LogP) is 3.26. The zero-order valence-corrected chi connectivity index (χ0v) is 10.8. The summed E-state index contributed by atoms with van der Waals surface area (Å²) in [5.74, 6) is 1.70. The molecule has 0 aliphatic heterocycles. The first-order valence-electron chi connectivity index (χ1n) is 6.36. The predicted molar refractivity (Wildman–Crippen MR) is 73.3 cm³/mol. The van der Waals surface area contributed by atoms with Crippen LogP contribution in [0.5, 0.6) is 5.75 Å². The standard InChI is InChI=1S/C15H18N2O/c1-9-3-7-13(18)10(2)15(9)17-12(11-4-5-11)6-8-14(17)16/h3,6-8,11,18H,4-5,16H2,1-2H3. The molecule has 1 aliphatic rings. The summed E-state index contributed by atoms with van der Waals surface area (Å²) in [6.45, 7) is 3.99. The third kappa shape index (κ3) is 1.58. The van der Waals surface area contributed by atoms with E-state index >= 15 is 0 Å². The van der Waals surface area contributed by atoms with E-state index in [9.17, 15) is 5.11 Å². The average Bonchev–Trinajstić information content (AvgIpc) is 3.11. The Bertz CT molecular complexity index is 609. The fraction of sp³-hybridized carbons (Fsp3) is 0.333. The third-order valence-electron chi connectivity index (χ3n) is 3.76. The van der Waals surface area contributed by atoms with E-state index in [-0.39, 0.29) is 0 Å². The molecule has 0 atom stereocenters. The normalized spacial score (nSPS) is 15.0. The summed E-state index contributed by atoms with van der Waals surface area (Å²) in [5, 5.41) is 9.91. The number of aromatic nitrogens is 1. The SMILES string of the molecule is Cc1ccc(O)c(C)c1-n1c(N)ccc1C1CC1. The van der Waals surface area contributed by atoms with E-state index in [1.807, 2.05) is 19.1 Å². The van der Waals surface area contributed by atoms with Crippen molar-refractivity contribution in [2.24, 2.45) is 0 Å². The van der Waals surface area contributed by atoms with Crippen LogP contribution in [0.15, 0.2) is 24.3 Å². The molecule has 3 rings (SSSR count). The van der Waals surface area contributed by atoms with Crippen LogP contribution in [0.2, 0.25) is 0 Å². The third-order valence-corrected chi connectivity index (χ3v) is 3.76. The van der Waals surface area contributed by atoms with Gasteiger partial charge in [-0.05, 0) is 56.4 Å². The van der Waals surface area contributed by atoms with Gasteiger partial charge < -0.3 is 10.8 Å². The van der Waals surface area contributed by atoms with Crippen molar-refractivity contribution in [1.82, 2.24) is 4.57 Å². The molecule has 3 heteroatoms. The lowest BCUT2D eigenvalue weighted by Crippen LogP contribution is -2.07. The number of hydrogen-bond donors (Lipinski definition) is 2. The van der Waals surface area contributed by atoms with Crippen LogP contribution < -0.4 is 5.73 Å². The van der Waals surface area contributed by atoms with Crippen molar-refractivity contribution in [2.45, 2.75) is 32.6 Å². The molecule has 0 unspecified atom stereocenters. The summed E-state index contributed by atoms with van der Waals surface area (Å²) in [7, 11) is 0. The second-order valence-corrected chi connectivity index (χ2v) is 5.17. The van der Waals surface area contributed by atoms with Gasteiger partial charge in [-0.3, -0.25) is 4.57 Å². The maximum absolute atomic E-state index is 9.91. The first-order valence-corrected chi connectivity index (χ1v) is 6.36. The van der Waals surface area contributed by atoms with Gasteiger partial charge in [0.1, 0.15) is 11.6 Å². The summed E-state index contributed by atoms with van der Waals surface area (Å²) in [5.41, 5.74) is 10.4. The molecule has 3 nitrogen and oxygen atoms in total. The largest absolute Gasteiger partial charge is 0.508 e. The van der Waals surface area contributed by atoms with Crippen LogP contribution in [0.3, 0.4) is 0 Å². The summed E-state index contributed by atoms with van der Waals surface area (Å²) >= 11 is 0. The van der Waals surface area contributed by atoms with Crippen molar-refractivity contribution in [3.8, 4) is 11.4 Å². The highest BCUT2D eigenvalue weighted by atomic mass is 16.3. The van der Waals surface area contributed by atoms with Gasteiger partial charge in [0.25, 0.3) is 0 Å². The molecule has 0 radical (unpaired) electrons. The Hall–Kier alpha value is -1.90. The van der Waals surface area contributed by atoms with Gasteiger partial charge in [0.2, 0.25) is 0 Å². The van der Waals surface area contributed by atoms with Crippen molar-refractivity contribution in [3.63, 3.8) is 0 Å². The van der Waals surface area contributed by atoms with Crippen molar-refractivity contribution in [1.29, 1.82) is 0 Å². The molecule has 1 aromatic heterocycles. The highest BCUT2D eigenvalue weighted by Crippen LogP contribution is 2.43. The van der Waals surface area contributed by atoms with Gasteiger partial charge in [0, 0.05) is 11.3 Å². The number of aromatic hydroxyl groups is 1. The zero-order chi connectivity index (χ0) is 12.9. The van der Waals surface area contributed by atoms with Crippen LogP contribution >= 0.6 is 0 Å². The van der Waals surface area contributed by atoms with Gasteiger partial charge in [-0.2, -0.15) is 0 Å². The first-order chi connectivity index (χ1) is 8.59. The molecule has 1 fully saturated rings. The lowest BCUT2D eigenvalue weighted by atomic mass is 10.1. The second-order valence-electron chi connectivity index (χ2n) is 5.17. The zero-order valence-electron chi connectivity index (χ0n) is 10.8. The molecule has 1 heterocycles. The molecule has 3 N–H and O–H groups in total. The monoisotopic (exact) mass is 242 g/mol. The highest BCUT2D eigenvalue weighted by Gasteiger charge is 2.28. The number of nitrogen functional groups attached to an aromatic ring is 1. The summed E-state index contributed by atoms with van der Waals surface area (Å²) < 4.78 is 2.10.